The number of benzene rings is 1. The largest absolute Gasteiger partial charge is 0.369 e. The van der Waals surface area contributed by atoms with Crippen LogP contribution in [-0.4, -0.2) is 12.6 Å². The van der Waals surface area contributed by atoms with Crippen LogP contribution < -0.4 is 4.90 Å². The highest BCUT2D eigenvalue weighted by atomic mass is 35.5. The van der Waals surface area contributed by atoms with Crippen molar-refractivity contribution in [3.05, 3.63) is 29.3 Å². The van der Waals surface area contributed by atoms with Gasteiger partial charge in [0.1, 0.15) is 0 Å². The first-order valence-electron chi connectivity index (χ1n) is 7.06. The number of hydrogen-bond donors (Lipinski definition) is 0. The number of unbranched alkanes of at least 4 members (excludes halogenated alkanes) is 1. The molecule has 0 heterocycles. The standard InChI is InChI=1S/C16H26ClN/c1-5-7-10-18(14(4)6-2)16-9-8-15(12-17)13(3)11-16/h8-9,11,14H,5-7,10,12H2,1-4H3. The Balaban J connectivity index is 2.93. The molecule has 1 nitrogen and oxygen atoms in total. The fraction of sp³-hybridized carbons (Fsp3) is 0.625. The van der Waals surface area contributed by atoms with E-state index in [2.05, 4.69) is 50.8 Å². The maximum absolute atomic E-state index is 5.92. The molecule has 1 aromatic rings. The molecule has 0 aliphatic heterocycles. The number of halogens is 1. The summed E-state index contributed by atoms with van der Waals surface area (Å²) in [6, 6.07) is 7.25. The van der Waals surface area contributed by atoms with Gasteiger partial charge >= 0.3 is 0 Å². The summed E-state index contributed by atoms with van der Waals surface area (Å²) in [6.07, 6.45) is 3.67. The van der Waals surface area contributed by atoms with Gasteiger partial charge in [-0.15, -0.1) is 11.6 Å². The van der Waals surface area contributed by atoms with Crippen LogP contribution in [0.5, 0.6) is 0 Å². The van der Waals surface area contributed by atoms with Gasteiger partial charge in [-0.25, -0.2) is 0 Å². The summed E-state index contributed by atoms with van der Waals surface area (Å²) in [5.74, 6) is 0.602. The molecule has 1 aromatic carbocycles. The average Bonchev–Trinajstić information content (AvgIpc) is 2.39. The average molecular weight is 268 g/mol. The van der Waals surface area contributed by atoms with Crippen LogP contribution in [0.2, 0.25) is 0 Å². The predicted molar refractivity (Wildman–Crippen MR) is 82.7 cm³/mol. The smallest absolute Gasteiger partial charge is 0.0476 e. The van der Waals surface area contributed by atoms with Crippen LogP contribution in [0.15, 0.2) is 18.2 Å². The molecule has 1 unspecified atom stereocenters. The molecule has 0 aromatic heterocycles. The monoisotopic (exact) mass is 267 g/mol. The summed E-state index contributed by atoms with van der Waals surface area (Å²) < 4.78 is 0. The van der Waals surface area contributed by atoms with Crippen molar-refractivity contribution in [3.8, 4) is 0 Å². The van der Waals surface area contributed by atoms with E-state index in [1.54, 1.807) is 0 Å². The summed E-state index contributed by atoms with van der Waals surface area (Å²) in [7, 11) is 0. The van der Waals surface area contributed by atoms with E-state index >= 15 is 0 Å². The van der Waals surface area contributed by atoms with Gasteiger partial charge in [-0.3, -0.25) is 0 Å². The van der Waals surface area contributed by atoms with Gasteiger partial charge in [-0.05, 0) is 49.9 Å². The Bertz CT molecular complexity index is 362. The third kappa shape index (κ3) is 3.91. The second-order valence-corrected chi connectivity index (χ2v) is 5.32. The normalized spacial score (nSPS) is 12.5. The minimum atomic E-state index is 0.595. The van der Waals surface area contributed by atoms with Crippen molar-refractivity contribution in [2.45, 2.75) is 58.9 Å². The molecule has 1 rings (SSSR count). The van der Waals surface area contributed by atoms with Crippen LogP contribution in [-0.2, 0) is 5.88 Å². The van der Waals surface area contributed by atoms with Crippen molar-refractivity contribution >= 4 is 17.3 Å². The molecule has 0 amide bonds. The van der Waals surface area contributed by atoms with Crippen LogP contribution in [0.1, 0.15) is 51.2 Å². The molecule has 0 fully saturated rings. The minimum Gasteiger partial charge on any atom is -0.369 e. The second-order valence-electron chi connectivity index (χ2n) is 5.05. The number of aryl methyl sites for hydroxylation is 1. The van der Waals surface area contributed by atoms with Gasteiger partial charge in [-0.2, -0.15) is 0 Å². The minimum absolute atomic E-state index is 0.595. The van der Waals surface area contributed by atoms with Crippen molar-refractivity contribution in [1.82, 2.24) is 0 Å². The fourth-order valence-electron chi connectivity index (χ4n) is 2.16. The maximum atomic E-state index is 5.92. The Labute approximate surface area is 117 Å². The zero-order valence-corrected chi connectivity index (χ0v) is 12.9. The van der Waals surface area contributed by atoms with Crippen LogP contribution in [0.4, 0.5) is 5.69 Å². The van der Waals surface area contributed by atoms with Gasteiger partial charge < -0.3 is 4.90 Å². The molecule has 0 aliphatic carbocycles. The molecule has 0 aliphatic rings. The van der Waals surface area contributed by atoms with Crippen molar-refractivity contribution in [2.24, 2.45) is 0 Å². The van der Waals surface area contributed by atoms with Gasteiger partial charge in [0, 0.05) is 24.2 Å². The van der Waals surface area contributed by atoms with Gasteiger partial charge in [-0.1, -0.05) is 26.3 Å². The Morgan fingerprint density at radius 3 is 2.50 bits per heavy atom. The molecular weight excluding hydrogens is 242 g/mol. The molecular formula is C16H26ClN. The van der Waals surface area contributed by atoms with E-state index < -0.39 is 0 Å². The molecule has 102 valence electrons. The lowest BCUT2D eigenvalue weighted by Crippen LogP contribution is -2.33. The van der Waals surface area contributed by atoms with Gasteiger partial charge in [0.25, 0.3) is 0 Å². The van der Waals surface area contributed by atoms with Crippen molar-refractivity contribution in [3.63, 3.8) is 0 Å². The summed E-state index contributed by atoms with van der Waals surface area (Å²) in [5.41, 5.74) is 3.87. The van der Waals surface area contributed by atoms with E-state index in [0.29, 0.717) is 11.9 Å². The molecule has 0 radical (unpaired) electrons. The highest BCUT2D eigenvalue weighted by molar-refractivity contribution is 6.17. The maximum Gasteiger partial charge on any atom is 0.0476 e. The highest BCUT2D eigenvalue weighted by Crippen LogP contribution is 2.23. The van der Waals surface area contributed by atoms with Gasteiger partial charge in [0.05, 0.1) is 0 Å². The van der Waals surface area contributed by atoms with Crippen molar-refractivity contribution in [1.29, 1.82) is 0 Å². The predicted octanol–water partition coefficient (Wildman–Crippen LogP) is 5.14. The van der Waals surface area contributed by atoms with Gasteiger partial charge in [0.2, 0.25) is 0 Å². The highest BCUT2D eigenvalue weighted by Gasteiger charge is 2.13. The summed E-state index contributed by atoms with van der Waals surface area (Å²) >= 11 is 5.92. The number of nitrogens with zero attached hydrogens (tertiary/aromatic N) is 1. The quantitative estimate of drug-likeness (QED) is 0.619. The molecule has 0 N–H and O–H groups in total. The summed E-state index contributed by atoms with van der Waals surface area (Å²) in [4.78, 5) is 2.52. The topological polar surface area (TPSA) is 3.24 Å². The molecule has 1 atom stereocenters. The van der Waals surface area contributed by atoms with E-state index in [-0.39, 0.29) is 0 Å². The number of anilines is 1. The Hall–Kier alpha value is -0.690. The fourth-order valence-corrected chi connectivity index (χ4v) is 2.46. The first kappa shape index (κ1) is 15.4. The summed E-state index contributed by atoms with van der Waals surface area (Å²) in [5, 5.41) is 0. The Morgan fingerprint density at radius 2 is 2.00 bits per heavy atom. The first-order valence-corrected chi connectivity index (χ1v) is 7.59. The SMILES string of the molecule is CCCCN(c1ccc(CCl)c(C)c1)C(C)CC. The third-order valence-electron chi connectivity index (χ3n) is 3.68. The lowest BCUT2D eigenvalue weighted by atomic mass is 10.1. The molecule has 0 saturated heterocycles. The van der Waals surface area contributed by atoms with Gasteiger partial charge in [0.15, 0.2) is 0 Å². The van der Waals surface area contributed by atoms with Crippen LogP contribution in [0.3, 0.4) is 0 Å². The number of alkyl halides is 1. The Kier molecular flexibility index (Phi) is 6.56. The molecule has 0 bridgehead atoms. The van der Waals surface area contributed by atoms with E-state index in [0.717, 1.165) is 6.54 Å². The third-order valence-corrected chi connectivity index (χ3v) is 3.97. The zero-order chi connectivity index (χ0) is 13.5. The Morgan fingerprint density at radius 1 is 1.28 bits per heavy atom. The van der Waals surface area contributed by atoms with E-state index in [4.69, 9.17) is 11.6 Å². The lowest BCUT2D eigenvalue weighted by Gasteiger charge is -2.31. The second kappa shape index (κ2) is 7.68. The van der Waals surface area contributed by atoms with Crippen molar-refractivity contribution < 1.29 is 0 Å². The van der Waals surface area contributed by atoms with E-state index in [1.165, 1.54) is 36.1 Å². The molecule has 0 spiro atoms. The molecule has 2 heteroatoms. The van der Waals surface area contributed by atoms with Crippen LogP contribution in [0.25, 0.3) is 0 Å². The van der Waals surface area contributed by atoms with Crippen LogP contribution in [0, 0.1) is 6.92 Å². The van der Waals surface area contributed by atoms with E-state index in [1.807, 2.05) is 0 Å². The van der Waals surface area contributed by atoms with Crippen LogP contribution >= 0.6 is 11.6 Å². The van der Waals surface area contributed by atoms with E-state index in [9.17, 15) is 0 Å². The number of rotatable bonds is 7. The number of hydrogen-bond acceptors (Lipinski definition) is 1. The lowest BCUT2D eigenvalue weighted by molar-refractivity contribution is 0.595. The summed E-state index contributed by atoms with van der Waals surface area (Å²) in [6.45, 7) is 10.1. The van der Waals surface area contributed by atoms with Crippen molar-refractivity contribution in [2.75, 3.05) is 11.4 Å². The molecule has 0 saturated carbocycles. The zero-order valence-electron chi connectivity index (χ0n) is 12.2. The molecule has 18 heavy (non-hydrogen) atoms. The first-order chi connectivity index (χ1) is 8.63.